The lowest BCUT2D eigenvalue weighted by Gasteiger charge is -2.44. The van der Waals surface area contributed by atoms with Crippen molar-refractivity contribution in [2.24, 2.45) is 23.7 Å². The third-order valence-electron chi connectivity index (χ3n) is 4.88. The van der Waals surface area contributed by atoms with E-state index in [1.165, 1.54) is 19.3 Å². The Labute approximate surface area is 89.5 Å². The van der Waals surface area contributed by atoms with Crippen LogP contribution in [0.15, 0.2) is 0 Å². The molecule has 3 rings (SSSR count). The maximum Gasteiger partial charge on any atom is 0.306 e. The largest absolute Gasteiger partial charge is 0.481 e. The topological polar surface area (TPSA) is 57.5 Å². The fourth-order valence-corrected chi connectivity index (χ4v) is 4.63. The number of aliphatic carboxylic acids is 1. The predicted molar refractivity (Wildman–Crippen MR) is 54.2 cm³/mol. The Morgan fingerprint density at radius 3 is 2.67 bits per heavy atom. The number of carbonyl (C=O) groups is 1. The minimum Gasteiger partial charge on any atom is -0.481 e. The van der Waals surface area contributed by atoms with Crippen molar-refractivity contribution in [2.75, 3.05) is 0 Å². The van der Waals surface area contributed by atoms with E-state index < -0.39 is 11.6 Å². The van der Waals surface area contributed by atoms with Crippen molar-refractivity contribution in [1.82, 2.24) is 0 Å². The summed E-state index contributed by atoms with van der Waals surface area (Å²) >= 11 is 0. The first-order chi connectivity index (χ1) is 7.07. The number of fused-ring (bicyclic) bond motifs is 2. The van der Waals surface area contributed by atoms with Gasteiger partial charge in [-0.25, -0.2) is 0 Å². The molecular formula is C12H18O3. The molecule has 2 N–H and O–H groups in total. The molecule has 0 aromatic heterocycles. The van der Waals surface area contributed by atoms with E-state index in [0.29, 0.717) is 11.8 Å². The molecule has 0 saturated heterocycles. The van der Waals surface area contributed by atoms with Crippen LogP contribution in [-0.2, 0) is 4.79 Å². The van der Waals surface area contributed by atoms with Crippen molar-refractivity contribution in [2.45, 2.75) is 44.1 Å². The quantitative estimate of drug-likeness (QED) is 0.728. The van der Waals surface area contributed by atoms with Crippen molar-refractivity contribution in [3.05, 3.63) is 0 Å². The molecule has 0 aromatic carbocycles. The van der Waals surface area contributed by atoms with Gasteiger partial charge in [-0.3, -0.25) is 4.79 Å². The summed E-state index contributed by atoms with van der Waals surface area (Å²) in [5.74, 6) is 1.42. The smallest absolute Gasteiger partial charge is 0.306 e. The normalized spacial score (nSPS) is 52.1. The molecule has 84 valence electrons. The van der Waals surface area contributed by atoms with E-state index in [-0.39, 0.29) is 12.3 Å². The summed E-state index contributed by atoms with van der Waals surface area (Å²) in [7, 11) is 0. The Bertz CT molecular complexity index is 299. The monoisotopic (exact) mass is 210 g/mol. The second-order valence-electron chi connectivity index (χ2n) is 5.92. The SMILES string of the molecule is O=C(O)C[C@]1(O)C[C@@H]2C[C@H]3C[C@@H](C2)[C@@H]1C3. The van der Waals surface area contributed by atoms with Crippen molar-refractivity contribution in [1.29, 1.82) is 0 Å². The lowest BCUT2D eigenvalue weighted by molar-refractivity contribution is -0.150. The highest BCUT2D eigenvalue weighted by atomic mass is 16.4. The predicted octanol–water partition coefficient (Wildman–Crippen LogP) is 1.65. The number of carboxylic acids is 1. The standard InChI is InChI=1S/C12H18O3/c13-11(14)6-12(15)5-8-1-7-2-9(3-8)10(12)4-7/h7-10,15H,1-6H2,(H,13,14)/t7-,8+,9-,10-,12+/m0/s1. The lowest BCUT2D eigenvalue weighted by atomic mass is 9.64. The van der Waals surface area contributed by atoms with Gasteiger partial charge >= 0.3 is 5.97 Å². The molecule has 3 aliphatic rings. The minimum absolute atomic E-state index is 0.0443. The zero-order valence-electron chi connectivity index (χ0n) is 8.85. The maximum absolute atomic E-state index is 10.8. The van der Waals surface area contributed by atoms with Gasteiger partial charge in [0, 0.05) is 0 Å². The van der Waals surface area contributed by atoms with Gasteiger partial charge in [-0.1, -0.05) is 0 Å². The molecule has 15 heavy (non-hydrogen) atoms. The van der Waals surface area contributed by atoms with Crippen LogP contribution in [0.25, 0.3) is 0 Å². The molecular weight excluding hydrogens is 192 g/mol. The maximum atomic E-state index is 10.8. The molecule has 0 radical (unpaired) electrons. The molecule has 3 saturated carbocycles. The van der Waals surface area contributed by atoms with Crippen LogP contribution < -0.4 is 0 Å². The van der Waals surface area contributed by atoms with Gasteiger partial charge in [0.2, 0.25) is 0 Å². The van der Waals surface area contributed by atoms with Crippen LogP contribution >= 0.6 is 0 Å². The van der Waals surface area contributed by atoms with Gasteiger partial charge in [-0.05, 0) is 55.8 Å². The fourth-order valence-electron chi connectivity index (χ4n) is 4.63. The molecule has 0 heterocycles. The third kappa shape index (κ3) is 1.40. The molecule has 3 heteroatoms. The summed E-state index contributed by atoms with van der Waals surface area (Å²) in [5, 5.41) is 19.4. The number of carboxylic acid groups (broad SMARTS) is 1. The zero-order valence-corrected chi connectivity index (χ0v) is 8.85. The van der Waals surface area contributed by atoms with Gasteiger partial charge < -0.3 is 10.2 Å². The molecule has 0 unspecified atom stereocenters. The van der Waals surface area contributed by atoms with Gasteiger partial charge in [-0.15, -0.1) is 0 Å². The van der Waals surface area contributed by atoms with Crippen LogP contribution in [0.5, 0.6) is 0 Å². The molecule has 3 nitrogen and oxygen atoms in total. The average Bonchev–Trinajstić information content (AvgIpc) is 2.34. The van der Waals surface area contributed by atoms with E-state index >= 15 is 0 Å². The first-order valence-corrected chi connectivity index (χ1v) is 6.01. The van der Waals surface area contributed by atoms with E-state index in [4.69, 9.17) is 5.11 Å². The molecule has 0 spiro atoms. The molecule has 0 aliphatic heterocycles. The van der Waals surface area contributed by atoms with E-state index in [0.717, 1.165) is 18.8 Å². The van der Waals surface area contributed by atoms with Crippen LogP contribution in [0, 0.1) is 23.7 Å². The summed E-state index contributed by atoms with van der Waals surface area (Å²) in [6, 6.07) is 0. The Morgan fingerprint density at radius 1 is 1.20 bits per heavy atom. The summed E-state index contributed by atoms with van der Waals surface area (Å²) in [6.45, 7) is 0. The number of rotatable bonds is 2. The summed E-state index contributed by atoms with van der Waals surface area (Å²) in [4.78, 5) is 10.8. The summed E-state index contributed by atoms with van der Waals surface area (Å²) in [6.07, 6.45) is 5.47. The van der Waals surface area contributed by atoms with E-state index in [1.807, 2.05) is 0 Å². The Balaban J connectivity index is 1.88. The molecule has 0 aromatic rings. The van der Waals surface area contributed by atoms with E-state index in [9.17, 15) is 9.90 Å². The number of hydrogen-bond donors (Lipinski definition) is 2. The minimum atomic E-state index is -0.884. The van der Waals surface area contributed by atoms with Crippen molar-refractivity contribution in [3.63, 3.8) is 0 Å². The van der Waals surface area contributed by atoms with E-state index in [1.54, 1.807) is 0 Å². The van der Waals surface area contributed by atoms with E-state index in [2.05, 4.69) is 0 Å². The van der Waals surface area contributed by atoms with Crippen LogP contribution in [0.4, 0.5) is 0 Å². The van der Waals surface area contributed by atoms with Crippen LogP contribution in [0.2, 0.25) is 0 Å². The first kappa shape index (κ1) is 9.64. The summed E-state index contributed by atoms with van der Waals surface area (Å²) < 4.78 is 0. The van der Waals surface area contributed by atoms with Crippen LogP contribution in [-0.4, -0.2) is 21.8 Å². The summed E-state index contributed by atoms with van der Waals surface area (Å²) in [5.41, 5.74) is -0.884. The second kappa shape index (κ2) is 2.97. The van der Waals surface area contributed by atoms with Gasteiger partial charge in [-0.2, -0.15) is 0 Å². The fraction of sp³-hybridized carbons (Fsp3) is 0.917. The Morgan fingerprint density at radius 2 is 1.93 bits per heavy atom. The molecule has 5 atom stereocenters. The van der Waals surface area contributed by atoms with Crippen molar-refractivity contribution >= 4 is 5.97 Å². The van der Waals surface area contributed by atoms with Gasteiger partial charge in [0.05, 0.1) is 12.0 Å². The van der Waals surface area contributed by atoms with Gasteiger partial charge in [0.25, 0.3) is 0 Å². The Kier molecular flexibility index (Phi) is 1.91. The number of hydrogen-bond acceptors (Lipinski definition) is 2. The van der Waals surface area contributed by atoms with Crippen LogP contribution in [0.3, 0.4) is 0 Å². The highest BCUT2D eigenvalue weighted by Crippen LogP contribution is 2.59. The highest BCUT2D eigenvalue weighted by Gasteiger charge is 2.56. The molecule has 3 fully saturated rings. The average molecular weight is 210 g/mol. The molecule has 3 aliphatic carbocycles. The number of aliphatic hydroxyl groups is 1. The van der Waals surface area contributed by atoms with Gasteiger partial charge in [0.1, 0.15) is 0 Å². The third-order valence-corrected chi connectivity index (χ3v) is 4.88. The zero-order chi connectivity index (χ0) is 10.6. The molecule has 0 amide bonds. The second-order valence-corrected chi connectivity index (χ2v) is 5.92. The van der Waals surface area contributed by atoms with Crippen molar-refractivity contribution in [3.8, 4) is 0 Å². The van der Waals surface area contributed by atoms with Crippen LogP contribution in [0.1, 0.15) is 38.5 Å². The first-order valence-electron chi connectivity index (χ1n) is 6.01. The highest BCUT2D eigenvalue weighted by molar-refractivity contribution is 5.68. The lowest BCUT2D eigenvalue weighted by Crippen LogP contribution is -2.47. The Hall–Kier alpha value is -0.570. The van der Waals surface area contributed by atoms with Gasteiger partial charge in [0.15, 0.2) is 0 Å². The van der Waals surface area contributed by atoms with Crippen molar-refractivity contribution < 1.29 is 15.0 Å². The molecule has 3 bridgehead atoms.